The molecule has 0 saturated carbocycles. The Kier molecular flexibility index (Phi) is 8.47. The van der Waals surface area contributed by atoms with Crippen molar-refractivity contribution in [1.29, 1.82) is 0 Å². The molecule has 8 nitrogen and oxygen atoms in total. The van der Waals surface area contributed by atoms with Crippen molar-refractivity contribution in [2.45, 2.75) is 38.9 Å². The van der Waals surface area contributed by atoms with Gasteiger partial charge in [0, 0.05) is 10.9 Å². The number of hydrogen-bond acceptors (Lipinski definition) is 5. The molecule has 3 N–H and O–H groups in total. The summed E-state index contributed by atoms with van der Waals surface area (Å²) in [6.45, 7) is 10.5. The number of aromatic nitrogens is 2. The average Bonchev–Trinajstić information content (AvgIpc) is 3.40. The summed E-state index contributed by atoms with van der Waals surface area (Å²) in [6.07, 6.45) is 1.75. The van der Waals surface area contributed by atoms with Crippen molar-refractivity contribution < 1.29 is 18.9 Å². The Morgan fingerprint density at radius 2 is 1.60 bits per heavy atom. The summed E-state index contributed by atoms with van der Waals surface area (Å²) in [5, 5.41) is 4.83. The molecule has 0 saturated heterocycles. The third kappa shape index (κ3) is 7.02. The van der Waals surface area contributed by atoms with E-state index in [0.717, 1.165) is 27.4 Å². The highest BCUT2D eigenvalue weighted by molar-refractivity contribution is 6.74. The molecule has 0 fully saturated rings. The van der Waals surface area contributed by atoms with Crippen LogP contribution in [0.4, 0.5) is 5.95 Å². The SMILES string of the molecule is CC(C)(C)[Si](C)(C)ONC(=O)c1ccc(C=C(COc2cccc3ccccc23)C(=O)Nc2nc3ccccc3[nH]2)cc1. The molecule has 0 bridgehead atoms. The first-order valence-electron chi connectivity index (χ1n) is 14.2. The van der Waals surface area contributed by atoms with Gasteiger partial charge in [0.2, 0.25) is 14.3 Å². The maximum absolute atomic E-state index is 13.5. The maximum atomic E-state index is 13.5. The van der Waals surface area contributed by atoms with E-state index >= 15 is 0 Å². The second-order valence-electron chi connectivity index (χ2n) is 11.9. The van der Waals surface area contributed by atoms with Gasteiger partial charge in [0.05, 0.1) is 16.6 Å². The minimum atomic E-state index is -2.15. The lowest BCUT2D eigenvalue weighted by molar-refractivity contribution is -0.113. The number of para-hydroxylation sites is 2. The summed E-state index contributed by atoms with van der Waals surface area (Å²) in [4.78, 5) is 33.9. The predicted octanol–water partition coefficient (Wildman–Crippen LogP) is 7.48. The van der Waals surface area contributed by atoms with Gasteiger partial charge in [-0.15, -0.1) is 0 Å². The number of ether oxygens (including phenoxy) is 1. The highest BCUT2D eigenvalue weighted by Gasteiger charge is 2.38. The fourth-order valence-corrected chi connectivity index (χ4v) is 4.82. The number of fused-ring (bicyclic) bond motifs is 2. The first kappa shape index (κ1) is 29.7. The molecular formula is C34H36N4O4Si. The first-order chi connectivity index (χ1) is 20.5. The van der Waals surface area contributed by atoms with Crippen molar-refractivity contribution in [2.24, 2.45) is 0 Å². The van der Waals surface area contributed by atoms with Crippen molar-refractivity contribution in [3.63, 3.8) is 0 Å². The number of hydroxylamine groups is 1. The molecule has 220 valence electrons. The highest BCUT2D eigenvalue weighted by atomic mass is 28.4. The van der Waals surface area contributed by atoms with Crippen LogP contribution in [0, 0.1) is 0 Å². The molecule has 0 aliphatic carbocycles. The number of amides is 2. The molecule has 0 aliphatic rings. The lowest BCUT2D eigenvalue weighted by Gasteiger charge is -2.35. The van der Waals surface area contributed by atoms with Crippen molar-refractivity contribution in [2.75, 3.05) is 11.9 Å². The summed E-state index contributed by atoms with van der Waals surface area (Å²) in [7, 11) is -2.15. The van der Waals surface area contributed by atoms with Gasteiger partial charge in [-0.05, 0) is 65.5 Å². The lowest BCUT2D eigenvalue weighted by Crippen LogP contribution is -2.46. The van der Waals surface area contributed by atoms with E-state index in [4.69, 9.17) is 9.26 Å². The van der Waals surface area contributed by atoms with Crippen LogP contribution in [0.2, 0.25) is 18.1 Å². The van der Waals surface area contributed by atoms with E-state index in [9.17, 15) is 9.59 Å². The molecule has 9 heteroatoms. The van der Waals surface area contributed by atoms with Gasteiger partial charge >= 0.3 is 0 Å². The Balaban J connectivity index is 1.36. The monoisotopic (exact) mass is 592 g/mol. The maximum Gasteiger partial charge on any atom is 0.273 e. The Morgan fingerprint density at radius 3 is 2.35 bits per heavy atom. The Labute approximate surface area is 252 Å². The van der Waals surface area contributed by atoms with Crippen molar-refractivity contribution >= 4 is 54.0 Å². The molecule has 0 radical (unpaired) electrons. The number of nitrogens with one attached hydrogen (secondary N) is 3. The van der Waals surface area contributed by atoms with Gasteiger partial charge in [-0.2, -0.15) is 0 Å². The second kappa shape index (κ2) is 12.2. The molecule has 1 aromatic heterocycles. The van der Waals surface area contributed by atoms with E-state index in [1.807, 2.05) is 66.7 Å². The summed E-state index contributed by atoms with van der Waals surface area (Å²) >= 11 is 0. The number of H-pyrrole nitrogens is 1. The van der Waals surface area contributed by atoms with Crippen LogP contribution in [-0.4, -0.2) is 36.7 Å². The van der Waals surface area contributed by atoms with E-state index in [1.54, 1.807) is 30.3 Å². The molecule has 5 aromatic rings. The molecular weight excluding hydrogens is 556 g/mol. The zero-order chi connectivity index (χ0) is 30.6. The normalized spacial score (nSPS) is 12.3. The summed E-state index contributed by atoms with van der Waals surface area (Å²) in [5.41, 5.74) is 5.77. The zero-order valence-corrected chi connectivity index (χ0v) is 26.0. The van der Waals surface area contributed by atoms with E-state index in [-0.39, 0.29) is 23.5 Å². The van der Waals surface area contributed by atoms with Crippen LogP contribution in [-0.2, 0) is 9.32 Å². The Morgan fingerprint density at radius 1 is 0.907 bits per heavy atom. The number of nitrogens with zero attached hydrogens (tertiary/aromatic N) is 1. The molecule has 2 amide bonds. The van der Waals surface area contributed by atoms with E-state index in [0.29, 0.717) is 22.8 Å². The average molecular weight is 593 g/mol. The number of anilines is 1. The summed E-state index contributed by atoms with van der Waals surface area (Å²) < 4.78 is 12.1. The van der Waals surface area contributed by atoms with Gasteiger partial charge in [0.1, 0.15) is 12.4 Å². The molecule has 5 rings (SSSR count). The number of rotatable bonds is 9. The first-order valence-corrected chi connectivity index (χ1v) is 17.1. The standard InChI is InChI=1S/C34H36N4O4Si/c1-34(2,3)43(4,5)42-38-32(40)25-19-17-23(18-20-25)21-26(22-41-30-16-10-12-24-11-6-7-13-27(24)30)31(39)37-33-35-28-14-8-9-15-29(28)36-33/h6-21H,22H2,1-5H3,(H,38,40)(H2,35,36,37,39). The number of aromatic amines is 1. The van der Waals surface area contributed by atoms with Crippen molar-refractivity contribution in [3.8, 4) is 5.75 Å². The number of imidazole rings is 1. The number of carbonyl (C=O) groups excluding carboxylic acids is 2. The van der Waals surface area contributed by atoms with Crippen LogP contribution in [0.5, 0.6) is 5.75 Å². The van der Waals surface area contributed by atoms with E-state index < -0.39 is 8.32 Å². The van der Waals surface area contributed by atoms with Crippen LogP contribution in [0.25, 0.3) is 27.9 Å². The fourth-order valence-electron chi connectivity index (χ4n) is 4.17. The van der Waals surface area contributed by atoms with Gasteiger partial charge in [-0.3, -0.25) is 14.9 Å². The fraction of sp³-hybridized carbons (Fsp3) is 0.206. The van der Waals surface area contributed by atoms with Crippen LogP contribution in [0.15, 0.2) is 96.6 Å². The molecule has 0 spiro atoms. The Hall–Kier alpha value is -4.73. The van der Waals surface area contributed by atoms with Gasteiger partial charge in [0.25, 0.3) is 11.8 Å². The lowest BCUT2D eigenvalue weighted by atomic mass is 10.1. The quantitative estimate of drug-likeness (QED) is 0.0935. The number of carbonyl (C=O) groups is 2. The molecule has 0 unspecified atom stereocenters. The van der Waals surface area contributed by atoms with Crippen LogP contribution in [0.3, 0.4) is 0 Å². The minimum Gasteiger partial charge on any atom is -0.488 e. The summed E-state index contributed by atoms with van der Waals surface area (Å²) in [6, 6.07) is 28.3. The number of benzene rings is 4. The summed E-state index contributed by atoms with van der Waals surface area (Å²) in [5.74, 6) is 0.344. The topological polar surface area (TPSA) is 105 Å². The Bertz CT molecular complexity index is 1760. The predicted molar refractivity (Wildman–Crippen MR) is 174 cm³/mol. The molecule has 0 aliphatic heterocycles. The zero-order valence-electron chi connectivity index (χ0n) is 25.0. The van der Waals surface area contributed by atoms with Crippen molar-refractivity contribution in [1.82, 2.24) is 15.4 Å². The van der Waals surface area contributed by atoms with Crippen LogP contribution >= 0.6 is 0 Å². The third-order valence-corrected chi connectivity index (χ3v) is 12.0. The van der Waals surface area contributed by atoms with Crippen molar-refractivity contribution in [3.05, 3.63) is 108 Å². The van der Waals surface area contributed by atoms with E-state index in [1.165, 1.54) is 0 Å². The minimum absolute atomic E-state index is 0.0165. The van der Waals surface area contributed by atoms with Crippen LogP contribution < -0.4 is 15.5 Å². The third-order valence-electron chi connectivity index (χ3n) is 7.76. The smallest absolute Gasteiger partial charge is 0.273 e. The molecule has 1 heterocycles. The molecule has 43 heavy (non-hydrogen) atoms. The van der Waals surface area contributed by atoms with E-state index in [2.05, 4.69) is 54.6 Å². The van der Waals surface area contributed by atoms with Crippen LogP contribution in [0.1, 0.15) is 36.7 Å². The number of hydrogen-bond donors (Lipinski definition) is 3. The molecule has 0 atom stereocenters. The highest BCUT2D eigenvalue weighted by Crippen LogP contribution is 2.36. The second-order valence-corrected chi connectivity index (χ2v) is 16.6. The van der Waals surface area contributed by atoms with Gasteiger partial charge in [-0.25, -0.2) is 10.5 Å². The van der Waals surface area contributed by atoms with Gasteiger partial charge < -0.3 is 14.2 Å². The van der Waals surface area contributed by atoms with Gasteiger partial charge in [-0.1, -0.05) is 81.4 Å². The van der Waals surface area contributed by atoms with Gasteiger partial charge in [0.15, 0.2) is 0 Å². The largest absolute Gasteiger partial charge is 0.488 e. The molecule has 4 aromatic carbocycles.